The van der Waals surface area contributed by atoms with E-state index >= 15 is 0 Å². The molecule has 33 heavy (non-hydrogen) atoms. The van der Waals surface area contributed by atoms with Gasteiger partial charge >= 0.3 is 0 Å². The fourth-order valence-electron chi connectivity index (χ4n) is 3.42. The molecule has 3 aromatic rings. The molecule has 2 aromatic heterocycles. The minimum Gasteiger partial charge on any atom is -0.478 e. The average molecular weight is 540 g/mol. The highest BCUT2D eigenvalue weighted by Gasteiger charge is 2.12. The molecule has 0 amide bonds. The summed E-state index contributed by atoms with van der Waals surface area (Å²) < 4.78 is 5.83. The Morgan fingerprint density at radius 2 is 1.79 bits per heavy atom. The molecule has 3 rings (SSSR count). The second kappa shape index (κ2) is 16.4. The SMILES string of the molecule is CCCCOc1ccc2nc3cc(Cl)ccc3c(NCCCN(CC)CCCl)c2n1.Cl.Cl.O. The Morgan fingerprint density at radius 3 is 2.48 bits per heavy atom. The van der Waals surface area contributed by atoms with Crippen LogP contribution in [0.5, 0.6) is 5.88 Å². The Kier molecular flexibility index (Phi) is 15.7. The number of rotatable bonds is 12. The first-order chi connectivity index (χ1) is 14.7. The molecule has 0 aliphatic rings. The van der Waals surface area contributed by atoms with Gasteiger partial charge in [-0.25, -0.2) is 9.97 Å². The lowest BCUT2D eigenvalue weighted by Crippen LogP contribution is -2.27. The first-order valence-corrected chi connectivity index (χ1v) is 11.6. The zero-order valence-electron chi connectivity index (χ0n) is 19.1. The third-order valence-corrected chi connectivity index (χ3v) is 5.51. The van der Waals surface area contributed by atoms with Gasteiger partial charge in [-0.3, -0.25) is 0 Å². The highest BCUT2D eigenvalue weighted by Crippen LogP contribution is 2.32. The maximum Gasteiger partial charge on any atom is 0.213 e. The van der Waals surface area contributed by atoms with E-state index in [0.29, 0.717) is 23.4 Å². The summed E-state index contributed by atoms with van der Waals surface area (Å²) in [6, 6.07) is 9.64. The van der Waals surface area contributed by atoms with Crippen LogP contribution in [-0.2, 0) is 0 Å². The van der Waals surface area contributed by atoms with Crippen molar-refractivity contribution in [2.75, 3.05) is 44.0 Å². The van der Waals surface area contributed by atoms with Crippen LogP contribution in [0.3, 0.4) is 0 Å². The van der Waals surface area contributed by atoms with Crippen molar-refractivity contribution in [3.8, 4) is 5.88 Å². The summed E-state index contributed by atoms with van der Waals surface area (Å²) in [5, 5.41) is 5.29. The number of hydrogen-bond donors (Lipinski definition) is 1. The van der Waals surface area contributed by atoms with Crippen LogP contribution in [0.1, 0.15) is 33.1 Å². The summed E-state index contributed by atoms with van der Waals surface area (Å²) >= 11 is 12.1. The largest absolute Gasteiger partial charge is 0.478 e. The van der Waals surface area contributed by atoms with Crippen molar-refractivity contribution in [1.29, 1.82) is 0 Å². The molecule has 2 heterocycles. The molecule has 186 valence electrons. The standard InChI is InChI=1S/C23H30Cl2N4O.2ClH.H2O/c1-3-5-15-30-21-10-9-19-23(28-21)22(18-8-7-17(25)16-20(18)27-19)26-12-6-13-29(4-2)14-11-24;;;/h7-10,16H,3-6,11-15H2,1-2H3,(H,26,27);2*1H;1H2. The fourth-order valence-corrected chi connectivity index (χ4v) is 3.82. The van der Waals surface area contributed by atoms with Crippen molar-refractivity contribution in [1.82, 2.24) is 14.9 Å². The van der Waals surface area contributed by atoms with Gasteiger partial charge in [0.1, 0.15) is 5.52 Å². The summed E-state index contributed by atoms with van der Waals surface area (Å²) in [5.41, 5.74) is 3.49. The van der Waals surface area contributed by atoms with E-state index in [1.165, 1.54) is 0 Å². The zero-order chi connectivity index (χ0) is 21.3. The number of alkyl halides is 1. The van der Waals surface area contributed by atoms with Crippen LogP contribution in [0.15, 0.2) is 30.3 Å². The number of benzene rings is 1. The van der Waals surface area contributed by atoms with E-state index in [-0.39, 0.29) is 30.3 Å². The molecule has 0 aliphatic carbocycles. The minimum absolute atomic E-state index is 0. The number of pyridine rings is 2. The van der Waals surface area contributed by atoms with Crippen molar-refractivity contribution >= 4 is 75.6 Å². The first kappa shape index (κ1) is 31.7. The van der Waals surface area contributed by atoms with Gasteiger partial charge in [0, 0.05) is 35.4 Å². The van der Waals surface area contributed by atoms with E-state index in [9.17, 15) is 0 Å². The van der Waals surface area contributed by atoms with E-state index in [0.717, 1.165) is 73.1 Å². The number of fused-ring (bicyclic) bond motifs is 2. The predicted molar refractivity (Wildman–Crippen MR) is 147 cm³/mol. The van der Waals surface area contributed by atoms with Gasteiger partial charge in [0.15, 0.2) is 0 Å². The smallest absolute Gasteiger partial charge is 0.213 e. The van der Waals surface area contributed by atoms with E-state index < -0.39 is 0 Å². The highest BCUT2D eigenvalue weighted by atomic mass is 35.5. The number of aromatic nitrogens is 2. The van der Waals surface area contributed by atoms with E-state index in [4.69, 9.17) is 37.9 Å². The molecule has 0 unspecified atom stereocenters. The lowest BCUT2D eigenvalue weighted by Gasteiger charge is -2.19. The van der Waals surface area contributed by atoms with Crippen LogP contribution in [0.2, 0.25) is 5.02 Å². The molecular weight excluding hydrogens is 506 g/mol. The van der Waals surface area contributed by atoms with Gasteiger partial charge in [-0.1, -0.05) is 31.9 Å². The number of anilines is 1. The Hall–Kier alpha value is -1.28. The lowest BCUT2D eigenvalue weighted by molar-refractivity contribution is 0.299. The lowest BCUT2D eigenvalue weighted by atomic mass is 10.1. The van der Waals surface area contributed by atoms with Gasteiger partial charge in [0.05, 0.1) is 23.3 Å². The molecule has 10 heteroatoms. The van der Waals surface area contributed by atoms with Crippen molar-refractivity contribution in [3.05, 3.63) is 35.4 Å². The van der Waals surface area contributed by atoms with Gasteiger partial charge in [-0.05, 0) is 50.2 Å². The number of hydrogen-bond acceptors (Lipinski definition) is 5. The van der Waals surface area contributed by atoms with Crippen molar-refractivity contribution in [2.24, 2.45) is 0 Å². The number of halogens is 4. The second-order valence-corrected chi connectivity index (χ2v) is 8.09. The summed E-state index contributed by atoms with van der Waals surface area (Å²) in [5.74, 6) is 1.29. The van der Waals surface area contributed by atoms with Crippen molar-refractivity contribution < 1.29 is 10.2 Å². The van der Waals surface area contributed by atoms with Gasteiger partial charge in [-0.2, -0.15) is 0 Å². The summed E-state index contributed by atoms with van der Waals surface area (Å²) in [7, 11) is 0. The van der Waals surface area contributed by atoms with Crippen molar-refractivity contribution in [3.63, 3.8) is 0 Å². The highest BCUT2D eigenvalue weighted by molar-refractivity contribution is 6.31. The molecule has 0 atom stereocenters. The first-order valence-electron chi connectivity index (χ1n) is 10.7. The Morgan fingerprint density at radius 1 is 1.00 bits per heavy atom. The maximum absolute atomic E-state index is 6.21. The summed E-state index contributed by atoms with van der Waals surface area (Å²) in [6.07, 6.45) is 3.11. The van der Waals surface area contributed by atoms with Gasteiger partial charge in [0.25, 0.3) is 0 Å². The quantitative estimate of drug-likeness (QED) is 0.173. The van der Waals surface area contributed by atoms with Gasteiger partial charge in [-0.15, -0.1) is 36.4 Å². The molecule has 0 bridgehead atoms. The Bertz CT molecular complexity index is 978. The number of unbranched alkanes of at least 4 members (excludes halogenated alkanes) is 1. The van der Waals surface area contributed by atoms with E-state index in [1.54, 1.807) is 0 Å². The van der Waals surface area contributed by atoms with Crippen LogP contribution in [0.25, 0.3) is 21.9 Å². The molecule has 0 fully saturated rings. The predicted octanol–water partition coefficient (Wildman–Crippen LogP) is 6.00. The molecule has 0 saturated heterocycles. The van der Waals surface area contributed by atoms with Crippen LogP contribution >= 0.6 is 48.0 Å². The average Bonchev–Trinajstić information content (AvgIpc) is 2.75. The number of nitrogens with one attached hydrogen (secondary N) is 1. The number of nitrogens with zero attached hydrogens (tertiary/aromatic N) is 3. The Balaban J connectivity index is 0.00000341. The summed E-state index contributed by atoms with van der Waals surface area (Å²) in [6.45, 7) is 8.73. The molecule has 0 aliphatic heterocycles. The number of ether oxygens (including phenoxy) is 1. The molecule has 6 nitrogen and oxygen atoms in total. The molecule has 1 aromatic carbocycles. The third kappa shape index (κ3) is 8.78. The van der Waals surface area contributed by atoms with Gasteiger partial charge in [0.2, 0.25) is 5.88 Å². The Labute approximate surface area is 218 Å². The normalized spacial score (nSPS) is 10.5. The third-order valence-electron chi connectivity index (χ3n) is 5.10. The minimum atomic E-state index is 0. The molecule has 0 spiro atoms. The maximum atomic E-state index is 6.21. The monoisotopic (exact) mass is 538 g/mol. The summed E-state index contributed by atoms with van der Waals surface area (Å²) in [4.78, 5) is 11.9. The van der Waals surface area contributed by atoms with Crippen LogP contribution < -0.4 is 10.1 Å². The van der Waals surface area contributed by atoms with Crippen LogP contribution in [-0.4, -0.2) is 59.0 Å². The van der Waals surface area contributed by atoms with Crippen molar-refractivity contribution in [2.45, 2.75) is 33.1 Å². The van der Waals surface area contributed by atoms with E-state index in [2.05, 4.69) is 24.1 Å². The molecule has 0 radical (unpaired) electrons. The fraction of sp³-hybridized carbons (Fsp3) is 0.478. The topological polar surface area (TPSA) is 81.8 Å². The molecule has 0 saturated carbocycles. The van der Waals surface area contributed by atoms with E-state index in [1.807, 2.05) is 30.3 Å². The van der Waals surface area contributed by atoms with Crippen LogP contribution in [0.4, 0.5) is 5.69 Å². The van der Waals surface area contributed by atoms with Crippen LogP contribution in [0, 0.1) is 0 Å². The zero-order valence-corrected chi connectivity index (χ0v) is 22.2. The second-order valence-electron chi connectivity index (χ2n) is 7.27. The molecular formula is C23H34Cl4N4O2. The van der Waals surface area contributed by atoms with Gasteiger partial charge < -0.3 is 20.4 Å². The molecule has 3 N–H and O–H groups in total.